The summed E-state index contributed by atoms with van der Waals surface area (Å²) in [6.07, 6.45) is -0.952. The number of urea groups is 1. The Hall–Kier alpha value is -2.87. The summed E-state index contributed by atoms with van der Waals surface area (Å²) in [7, 11) is 0. The van der Waals surface area contributed by atoms with Gasteiger partial charge in [0, 0.05) is 22.7 Å². The van der Waals surface area contributed by atoms with E-state index >= 15 is 0 Å². The number of carbonyl (C=O) groups excluding carboxylic acids is 3. The van der Waals surface area contributed by atoms with Gasteiger partial charge in [-0.2, -0.15) is 0 Å². The van der Waals surface area contributed by atoms with Crippen molar-refractivity contribution in [1.82, 2.24) is 10.6 Å². The van der Waals surface area contributed by atoms with E-state index in [9.17, 15) is 14.4 Å². The van der Waals surface area contributed by atoms with Crippen molar-refractivity contribution in [3.8, 4) is 0 Å². The zero-order valence-electron chi connectivity index (χ0n) is 16.5. The minimum absolute atomic E-state index is 0.0510. The Morgan fingerprint density at radius 1 is 0.966 bits per heavy atom. The molecule has 0 aliphatic heterocycles. The molecule has 0 saturated heterocycles. The first kappa shape index (κ1) is 22.4. The van der Waals surface area contributed by atoms with Gasteiger partial charge in [0.15, 0.2) is 6.10 Å². The minimum atomic E-state index is -0.952. The first-order valence-electron chi connectivity index (χ1n) is 9.15. The van der Waals surface area contributed by atoms with Crippen LogP contribution in [0, 0.1) is 0 Å². The number of esters is 1. The van der Waals surface area contributed by atoms with Gasteiger partial charge in [-0.25, -0.2) is 9.59 Å². The van der Waals surface area contributed by atoms with Crippen molar-refractivity contribution in [1.29, 1.82) is 0 Å². The van der Waals surface area contributed by atoms with E-state index < -0.39 is 18.0 Å². The second-order valence-corrected chi connectivity index (χ2v) is 7.64. The first-order valence-corrected chi connectivity index (χ1v) is 9.94. The fraction of sp³-hybridized carbons (Fsp3) is 0.286. The van der Waals surface area contributed by atoms with E-state index in [1.165, 1.54) is 6.92 Å². The van der Waals surface area contributed by atoms with Crippen LogP contribution in [-0.2, 0) is 16.1 Å². The Morgan fingerprint density at radius 3 is 2.17 bits per heavy atom. The van der Waals surface area contributed by atoms with Gasteiger partial charge in [-0.3, -0.25) is 4.79 Å². The van der Waals surface area contributed by atoms with Crippen LogP contribution in [0.25, 0.3) is 0 Å². The smallest absolute Gasteiger partial charge is 0.338 e. The molecule has 8 heteroatoms. The number of benzene rings is 2. The molecule has 3 N–H and O–H groups in total. The Labute approximate surface area is 178 Å². The molecule has 0 aromatic heterocycles. The van der Waals surface area contributed by atoms with E-state index in [2.05, 4.69) is 31.9 Å². The third-order valence-electron chi connectivity index (χ3n) is 3.83. The van der Waals surface area contributed by atoms with Crippen LogP contribution in [0.15, 0.2) is 53.0 Å². The van der Waals surface area contributed by atoms with Crippen molar-refractivity contribution in [3.05, 3.63) is 64.1 Å². The van der Waals surface area contributed by atoms with Crippen LogP contribution in [0.5, 0.6) is 0 Å². The van der Waals surface area contributed by atoms with Gasteiger partial charge in [-0.05, 0) is 62.7 Å². The third-order valence-corrected chi connectivity index (χ3v) is 4.36. The van der Waals surface area contributed by atoms with E-state index in [4.69, 9.17) is 4.74 Å². The monoisotopic (exact) mass is 461 g/mol. The SMILES string of the molecule is CC(C)NC(=O)NCc1ccc(C(=O)OC(C)C(=O)Nc2ccc(Br)cc2)cc1. The van der Waals surface area contributed by atoms with Gasteiger partial charge < -0.3 is 20.7 Å². The lowest BCUT2D eigenvalue weighted by Crippen LogP contribution is -2.39. The van der Waals surface area contributed by atoms with Crippen LogP contribution in [0.3, 0.4) is 0 Å². The van der Waals surface area contributed by atoms with E-state index in [0.717, 1.165) is 10.0 Å². The average Bonchev–Trinajstić information content (AvgIpc) is 2.68. The lowest BCUT2D eigenvalue weighted by Gasteiger charge is -2.14. The molecule has 0 spiro atoms. The molecule has 0 radical (unpaired) electrons. The van der Waals surface area contributed by atoms with Gasteiger partial charge >= 0.3 is 12.0 Å². The Morgan fingerprint density at radius 2 is 1.59 bits per heavy atom. The quantitative estimate of drug-likeness (QED) is 0.545. The summed E-state index contributed by atoms with van der Waals surface area (Å²) in [5.41, 5.74) is 1.77. The predicted octanol–water partition coefficient (Wildman–Crippen LogP) is 3.84. The number of amides is 3. The van der Waals surface area contributed by atoms with Crippen molar-refractivity contribution in [2.45, 2.75) is 39.5 Å². The highest BCUT2D eigenvalue weighted by Gasteiger charge is 2.19. The predicted molar refractivity (Wildman–Crippen MR) is 115 cm³/mol. The van der Waals surface area contributed by atoms with E-state index in [1.807, 2.05) is 13.8 Å². The molecule has 0 saturated carbocycles. The number of nitrogens with one attached hydrogen (secondary N) is 3. The van der Waals surface area contributed by atoms with Crippen molar-refractivity contribution >= 4 is 39.5 Å². The zero-order chi connectivity index (χ0) is 21.4. The summed E-state index contributed by atoms with van der Waals surface area (Å²) in [5, 5.41) is 8.15. The maximum atomic E-state index is 12.3. The molecule has 0 aliphatic rings. The van der Waals surface area contributed by atoms with Gasteiger partial charge in [-0.15, -0.1) is 0 Å². The van der Waals surface area contributed by atoms with Crippen LogP contribution >= 0.6 is 15.9 Å². The molecule has 2 rings (SSSR count). The van der Waals surface area contributed by atoms with Crippen molar-refractivity contribution < 1.29 is 19.1 Å². The lowest BCUT2D eigenvalue weighted by molar-refractivity contribution is -0.123. The number of hydrogen-bond donors (Lipinski definition) is 3. The molecule has 3 amide bonds. The molecular formula is C21H24BrN3O4. The van der Waals surface area contributed by atoms with Gasteiger partial charge in [0.25, 0.3) is 5.91 Å². The van der Waals surface area contributed by atoms with Gasteiger partial charge in [-0.1, -0.05) is 28.1 Å². The highest BCUT2D eigenvalue weighted by Crippen LogP contribution is 2.15. The topological polar surface area (TPSA) is 96.5 Å². The van der Waals surface area contributed by atoms with Crippen LogP contribution in [0.2, 0.25) is 0 Å². The van der Waals surface area contributed by atoms with Crippen molar-refractivity contribution in [3.63, 3.8) is 0 Å². The second-order valence-electron chi connectivity index (χ2n) is 6.72. The molecule has 0 heterocycles. The zero-order valence-corrected chi connectivity index (χ0v) is 18.1. The molecule has 29 heavy (non-hydrogen) atoms. The first-order chi connectivity index (χ1) is 13.7. The maximum absolute atomic E-state index is 12.3. The molecule has 2 aromatic carbocycles. The molecule has 154 valence electrons. The molecular weight excluding hydrogens is 438 g/mol. The molecule has 1 unspecified atom stereocenters. The van der Waals surface area contributed by atoms with Gasteiger partial charge in [0.05, 0.1) is 5.56 Å². The molecule has 2 aromatic rings. The number of hydrogen-bond acceptors (Lipinski definition) is 4. The van der Waals surface area contributed by atoms with Crippen LogP contribution < -0.4 is 16.0 Å². The lowest BCUT2D eigenvalue weighted by atomic mass is 10.1. The number of anilines is 1. The van der Waals surface area contributed by atoms with E-state index in [1.54, 1.807) is 48.5 Å². The highest BCUT2D eigenvalue weighted by molar-refractivity contribution is 9.10. The largest absolute Gasteiger partial charge is 0.449 e. The molecule has 7 nitrogen and oxygen atoms in total. The van der Waals surface area contributed by atoms with E-state index in [0.29, 0.717) is 17.8 Å². The van der Waals surface area contributed by atoms with Crippen LogP contribution in [-0.4, -0.2) is 30.1 Å². The van der Waals surface area contributed by atoms with Crippen molar-refractivity contribution in [2.24, 2.45) is 0 Å². The standard InChI is InChI=1S/C21H24BrN3O4/c1-13(2)24-21(28)23-12-15-4-6-16(7-5-15)20(27)29-14(3)19(26)25-18-10-8-17(22)9-11-18/h4-11,13-14H,12H2,1-3H3,(H,25,26)(H2,23,24,28). The molecule has 0 bridgehead atoms. The van der Waals surface area contributed by atoms with Gasteiger partial charge in [0.1, 0.15) is 0 Å². The number of ether oxygens (including phenoxy) is 1. The maximum Gasteiger partial charge on any atom is 0.338 e. The number of rotatable bonds is 7. The molecule has 0 fully saturated rings. The summed E-state index contributed by atoms with van der Waals surface area (Å²) in [6.45, 7) is 5.60. The normalized spacial score (nSPS) is 11.5. The summed E-state index contributed by atoms with van der Waals surface area (Å²) < 4.78 is 6.13. The van der Waals surface area contributed by atoms with E-state index in [-0.39, 0.29) is 12.1 Å². The van der Waals surface area contributed by atoms with Crippen LogP contribution in [0.1, 0.15) is 36.7 Å². The summed E-state index contributed by atoms with van der Waals surface area (Å²) >= 11 is 3.32. The average molecular weight is 462 g/mol. The summed E-state index contributed by atoms with van der Waals surface area (Å²) in [6, 6.07) is 13.5. The number of carbonyl (C=O) groups is 3. The number of halogens is 1. The molecule has 0 aliphatic carbocycles. The van der Waals surface area contributed by atoms with Crippen molar-refractivity contribution in [2.75, 3.05) is 5.32 Å². The fourth-order valence-corrected chi connectivity index (χ4v) is 2.58. The minimum Gasteiger partial charge on any atom is -0.449 e. The Kier molecular flexibility index (Phi) is 8.21. The summed E-state index contributed by atoms with van der Waals surface area (Å²) in [4.78, 5) is 36.1. The Bertz CT molecular complexity index is 851. The summed E-state index contributed by atoms with van der Waals surface area (Å²) in [5.74, 6) is -1.02. The van der Waals surface area contributed by atoms with Gasteiger partial charge in [0.2, 0.25) is 0 Å². The molecule has 1 atom stereocenters. The second kappa shape index (κ2) is 10.6. The fourth-order valence-electron chi connectivity index (χ4n) is 2.31. The highest BCUT2D eigenvalue weighted by atomic mass is 79.9. The van der Waals surface area contributed by atoms with Crippen LogP contribution in [0.4, 0.5) is 10.5 Å². The third kappa shape index (κ3) is 7.57. The Balaban J connectivity index is 1.85.